The van der Waals surface area contributed by atoms with Crippen molar-refractivity contribution >= 4 is 49.8 Å². The Morgan fingerprint density at radius 2 is 2.04 bits per heavy atom. The molecule has 0 saturated carbocycles. The Labute approximate surface area is 151 Å². The lowest BCUT2D eigenvalue weighted by Gasteiger charge is -1.98. The van der Waals surface area contributed by atoms with Crippen molar-refractivity contribution in [1.82, 2.24) is 0 Å². The number of ether oxygens (including phenoxy) is 1. The molecule has 1 aromatic carbocycles. The number of allylic oxidation sites excluding steroid dienone is 1. The van der Waals surface area contributed by atoms with Crippen LogP contribution in [0.5, 0.6) is 5.75 Å². The molecule has 0 N–H and O–H groups in total. The van der Waals surface area contributed by atoms with Crippen LogP contribution < -0.4 is 9.30 Å². The highest BCUT2D eigenvalue weighted by atomic mass is 32.3. The second-order valence-electron chi connectivity index (χ2n) is 4.55. The van der Waals surface area contributed by atoms with Gasteiger partial charge in [-0.15, -0.1) is 11.8 Å². The topological polar surface area (TPSA) is 79.5 Å². The van der Waals surface area contributed by atoms with Crippen LogP contribution in [0.15, 0.2) is 23.1 Å². The second-order valence-corrected chi connectivity index (χ2v) is 7.82. The van der Waals surface area contributed by atoms with Gasteiger partial charge in [-0.1, -0.05) is 11.3 Å². The molecule has 0 saturated heterocycles. The van der Waals surface area contributed by atoms with Crippen LogP contribution in [-0.2, 0) is 21.1 Å². The van der Waals surface area contributed by atoms with Crippen molar-refractivity contribution in [3.63, 3.8) is 0 Å². The van der Waals surface area contributed by atoms with Gasteiger partial charge in [-0.25, -0.2) is 8.42 Å². The first-order valence-corrected chi connectivity index (χ1v) is 10.4. The zero-order chi connectivity index (χ0) is 18.3. The number of thioether (sulfide) groups is 1. The summed E-state index contributed by atoms with van der Waals surface area (Å²) < 4.78 is 40.0. The summed E-state index contributed by atoms with van der Waals surface area (Å²) in [5, 5.41) is 1.30. The SMILES string of the molecule is CC[n+]1c(/C=C(\C)SC)sc2ccc(OC)cc21.COS(=O)(=O)[O-]. The van der Waals surface area contributed by atoms with E-state index in [1.54, 1.807) is 18.9 Å². The molecule has 6 nitrogen and oxygen atoms in total. The molecule has 0 fully saturated rings. The summed E-state index contributed by atoms with van der Waals surface area (Å²) in [5.41, 5.74) is 1.25. The number of hydrogen-bond donors (Lipinski definition) is 0. The maximum absolute atomic E-state index is 9.22. The Morgan fingerprint density at radius 1 is 1.42 bits per heavy atom. The van der Waals surface area contributed by atoms with Gasteiger partial charge < -0.3 is 9.29 Å². The van der Waals surface area contributed by atoms with Crippen LogP contribution >= 0.6 is 23.1 Å². The van der Waals surface area contributed by atoms with Crippen LogP contribution in [0.3, 0.4) is 0 Å². The first-order chi connectivity index (χ1) is 11.3. The maximum Gasteiger partial charge on any atom is 0.263 e. The van der Waals surface area contributed by atoms with Crippen LogP contribution in [-0.4, -0.2) is 33.4 Å². The Morgan fingerprint density at radius 3 is 2.50 bits per heavy atom. The largest absolute Gasteiger partial charge is 0.726 e. The number of methoxy groups -OCH3 is 1. The van der Waals surface area contributed by atoms with Gasteiger partial charge in [-0.2, -0.15) is 4.57 Å². The van der Waals surface area contributed by atoms with Crippen LogP contribution in [0.1, 0.15) is 18.9 Å². The molecular weight excluding hydrogens is 370 g/mol. The van der Waals surface area contributed by atoms with E-state index in [0.29, 0.717) is 0 Å². The van der Waals surface area contributed by atoms with Crippen molar-refractivity contribution in [2.45, 2.75) is 20.4 Å². The molecule has 2 rings (SSSR count). The molecule has 24 heavy (non-hydrogen) atoms. The van der Waals surface area contributed by atoms with Gasteiger partial charge in [0.05, 0.1) is 20.3 Å². The fourth-order valence-electron chi connectivity index (χ4n) is 1.87. The number of thiazole rings is 1. The minimum absolute atomic E-state index is 0.808. The van der Waals surface area contributed by atoms with Gasteiger partial charge in [-0.05, 0) is 37.1 Å². The summed E-state index contributed by atoms with van der Waals surface area (Å²) >= 11 is 3.62. The first kappa shape index (κ1) is 20.9. The molecule has 0 amide bonds. The summed E-state index contributed by atoms with van der Waals surface area (Å²) in [4.78, 5) is 1.33. The van der Waals surface area contributed by atoms with Crippen LogP contribution in [0.2, 0.25) is 0 Å². The highest BCUT2D eigenvalue weighted by Crippen LogP contribution is 2.27. The number of fused-ring (bicyclic) bond motifs is 1. The van der Waals surface area contributed by atoms with Gasteiger partial charge in [0.25, 0.3) is 5.01 Å². The van der Waals surface area contributed by atoms with Crippen molar-refractivity contribution in [3.05, 3.63) is 28.1 Å². The van der Waals surface area contributed by atoms with E-state index in [4.69, 9.17) is 4.74 Å². The van der Waals surface area contributed by atoms with E-state index < -0.39 is 10.4 Å². The van der Waals surface area contributed by atoms with E-state index in [9.17, 15) is 13.0 Å². The number of aryl methyl sites for hydroxylation is 1. The van der Waals surface area contributed by atoms with Crippen LogP contribution in [0, 0.1) is 0 Å². The van der Waals surface area contributed by atoms with Crippen LogP contribution in [0.25, 0.3) is 16.3 Å². The fraction of sp³-hybridized carbons (Fsp3) is 0.400. The number of rotatable bonds is 5. The second kappa shape index (κ2) is 9.38. The number of nitrogens with zero attached hydrogens (tertiary/aromatic N) is 1. The standard InChI is InChI=1S/C14H18NOS2.CH4O4S/c1-5-15-12-9-11(16-3)6-7-13(12)18-14(15)8-10(2)17-4;1-5-6(2,3)4/h6-9H,5H2,1-4H3;1H3,(H,2,3,4)/q+1;/p-1/b10-8+;. The first-order valence-electron chi connectivity index (χ1n) is 6.99. The maximum atomic E-state index is 9.22. The minimum atomic E-state index is -4.41. The third-order valence-electron chi connectivity index (χ3n) is 3.11. The van der Waals surface area contributed by atoms with Crippen molar-refractivity contribution in [1.29, 1.82) is 0 Å². The van der Waals surface area contributed by atoms with E-state index in [1.165, 1.54) is 20.1 Å². The van der Waals surface area contributed by atoms with E-state index in [-0.39, 0.29) is 0 Å². The molecule has 9 heteroatoms. The molecule has 0 radical (unpaired) electrons. The molecular formula is C15H21NO5S3. The molecule has 0 aliphatic carbocycles. The van der Waals surface area contributed by atoms with Gasteiger partial charge in [0.2, 0.25) is 15.9 Å². The summed E-state index contributed by atoms with van der Waals surface area (Å²) in [6.07, 6.45) is 4.36. The molecule has 0 unspecified atom stereocenters. The van der Waals surface area contributed by atoms with Crippen molar-refractivity contribution in [3.8, 4) is 5.75 Å². The van der Waals surface area contributed by atoms with Gasteiger partial charge in [0, 0.05) is 6.08 Å². The Kier molecular flexibility index (Phi) is 8.17. The summed E-state index contributed by atoms with van der Waals surface area (Å²) in [7, 11) is -1.89. The van der Waals surface area contributed by atoms with Gasteiger partial charge in [-0.3, -0.25) is 4.18 Å². The Bertz CT molecular complexity index is 812. The third kappa shape index (κ3) is 6.06. The smallest absolute Gasteiger partial charge is 0.263 e. The highest BCUT2D eigenvalue weighted by Gasteiger charge is 2.18. The normalized spacial score (nSPS) is 12.0. The Balaban J connectivity index is 0.000000413. The van der Waals surface area contributed by atoms with Gasteiger partial charge >= 0.3 is 0 Å². The summed E-state index contributed by atoms with van der Waals surface area (Å²) in [5.74, 6) is 0.916. The zero-order valence-electron chi connectivity index (χ0n) is 14.2. The van der Waals surface area contributed by atoms with Crippen molar-refractivity contribution in [2.75, 3.05) is 20.5 Å². The molecule has 0 aliphatic rings. The molecule has 1 aromatic heterocycles. The number of hydrogen-bond acceptors (Lipinski definition) is 7. The monoisotopic (exact) mass is 391 g/mol. The fourth-order valence-corrected chi connectivity index (χ4v) is 3.39. The average Bonchev–Trinajstić information content (AvgIpc) is 2.90. The molecule has 134 valence electrons. The predicted molar refractivity (Wildman–Crippen MR) is 98.1 cm³/mol. The highest BCUT2D eigenvalue weighted by molar-refractivity contribution is 8.02. The molecule has 2 aromatic rings. The summed E-state index contributed by atoms with van der Waals surface area (Å²) in [6.45, 7) is 5.30. The minimum Gasteiger partial charge on any atom is -0.726 e. The van der Waals surface area contributed by atoms with Gasteiger partial charge in [0.1, 0.15) is 17.0 Å². The number of aromatic nitrogens is 1. The quantitative estimate of drug-likeness (QED) is 0.443. The lowest BCUT2D eigenvalue weighted by Crippen LogP contribution is -2.33. The lowest BCUT2D eigenvalue weighted by atomic mass is 10.3. The lowest BCUT2D eigenvalue weighted by molar-refractivity contribution is -0.665. The average molecular weight is 392 g/mol. The molecule has 0 atom stereocenters. The Hall–Kier alpha value is -1.13. The van der Waals surface area contributed by atoms with Crippen molar-refractivity contribution in [2.24, 2.45) is 0 Å². The molecule has 0 bridgehead atoms. The zero-order valence-corrected chi connectivity index (χ0v) is 16.7. The van der Waals surface area contributed by atoms with Gasteiger partial charge in [0.15, 0.2) is 0 Å². The van der Waals surface area contributed by atoms with Crippen LogP contribution in [0.4, 0.5) is 0 Å². The van der Waals surface area contributed by atoms with E-state index in [2.05, 4.69) is 47.1 Å². The molecule has 0 spiro atoms. The van der Waals surface area contributed by atoms with E-state index in [1.807, 2.05) is 17.4 Å². The predicted octanol–water partition coefficient (Wildman–Crippen LogP) is 3.03. The van der Waals surface area contributed by atoms with Crippen molar-refractivity contribution < 1.29 is 26.5 Å². The third-order valence-corrected chi connectivity index (χ3v) is 5.39. The molecule has 0 aliphatic heterocycles. The molecule has 1 heterocycles. The number of benzene rings is 1. The summed E-state index contributed by atoms with van der Waals surface area (Å²) in [6, 6.07) is 6.27. The van der Waals surface area contributed by atoms with E-state index >= 15 is 0 Å². The van der Waals surface area contributed by atoms with E-state index in [0.717, 1.165) is 19.4 Å².